The van der Waals surface area contributed by atoms with Crippen molar-refractivity contribution in [3.8, 4) is 0 Å². The summed E-state index contributed by atoms with van der Waals surface area (Å²) in [5.74, 6) is -0.889. The Hall–Kier alpha value is -2.12. The molecule has 1 N–H and O–H groups in total. The number of urea groups is 1. The van der Waals surface area contributed by atoms with Gasteiger partial charge in [0, 0.05) is 13.1 Å². The molecule has 1 saturated carbocycles. The minimum atomic E-state index is -0.840. The summed E-state index contributed by atoms with van der Waals surface area (Å²) in [6.07, 6.45) is 4.57. The van der Waals surface area contributed by atoms with Crippen LogP contribution in [0.25, 0.3) is 0 Å². The monoisotopic (exact) mass is 365 g/mol. The summed E-state index contributed by atoms with van der Waals surface area (Å²) in [5, 5.41) is 2.86. The number of piperidine rings is 1. The van der Waals surface area contributed by atoms with Gasteiger partial charge in [0.1, 0.15) is 12.1 Å². The Morgan fingerprint density at radius 1 is 1.19 bits per heavy atom. The number of nitrogens with one attached hydrogen (secondary N) is 1. The van der Waals surface area contributed by atoms with E-state index in [1.807, 2.05) is 6.92 Å². The minimum Gasteiger partial charge on any atom is -0.469 e. The number of imide groups is 1. The van der Waals surface area contributed by atoms with Crippen molar-refractivity contribution in [2.45, 2.75) is 51.0 Å². The van der Waals surface area contributed by atoms with Crippen LogP contribution < -0.4 is 5.32 Å². The minimum absolute atomic E-state index is 0.0728. The number of methoxy groups -OCH3 is 1. The van der Waals surface area contributed by atoms with Crippen molar-refractivity contribution >= 4 is 23.8 Å². The fourth-order valence-corrected chi connectivity index (χ4v) is 4.41. The van der Waals surface area contributed by atoms with Gasteiger partial charge in [-0.15, -0.1) is 0 Å². The normalized spacial score (nSPS) is 29.8. The Morgan fingerprint density at radius 3 is 2.50 bits per heavy atom. The van der Waals surface area contributed by atoms with Gasteiger partial charge in [-0.25, -0.2) is 4.79 Å². The summed E-state index contributed by atoms with van der Waals surface area (Å²) in [6.45, 7) is 2.62. The second-order valence-electron chi connectivity index (χ2n) is 7.62. The summed E-state index contributed by atoms with van der Waals surface area (Å²) in [6, 6.07) is -0.471. The van der Waals surface area contributed by atoms with Crippen molar-refractivity contribution < 1.29 is 23.9 Å². The number of likely N-dealkylation sites (tertiary alicyclic amines) is 1. The van der Waals surface area contributed by atoms with Gasteiger partial charge in [0.15, 0.2) is 0 Å². The number of carbonyl (C=O) groups excluding carboxylic acids is 4. The maximum Gasteiger partial charge on any atom is 0.325 e. The van der Waals surface area contributed by atoms with Crippen LogP contribution in [0.3, 0.4) is 0 Å². The van der Waals surface area contributed by atoms with Gasteiger partial charge in [-0.05, 0) is 31.6 Å². The Labute approximate surface area is 153 Å². The molecular formula is C18H27N3O5. The van der Waals surface area contributed by atoms with Crippen molar-refractivity contribution in [3.05, 3.63) is 0 Å². The van der Waals surface area contributed by atoms with E-state index in [4.69, 9.17) is 4.74 Å². The molecule has 3 aliphatic rings. The third-order valence-corrected chi connectivity index (χ3v) is 6.18. The van der Waals surface area contributed by atoms with Crippen LogP contribution in [0.1, 0.15) is 45.4 Å². The molecule has 0 bridgehead atoms. The molecule has 26 heavy (non-hydrogen) atoms. The average molecular weight is 365 g/mol. The van der Waals surface area contributed by atoms with Crippen molar-refractivity contribution in [1.82, 2.24) is 15.1 Å². The van der Waals surface area contributed by atoms with Crippen molar-refractivity contribution in [2.24, 2.45) is 11.8 Å². The molecule has 1 aliphatic carbocycles. The zero-order valence-electron chi connectivity index (χ0n) is 15.5. The first-order valence-electron chi connectivity index (χ1n) is 9.38. The standard InChI is InChI=1S/C18H27N3O5/c1-12-5-3-4-8-18(12)16(24)21(17(25)19-18)11-14(22)20-9-6-13(7-10-20)15(23)26-2/h12-13H,3-11H2,1-2H3,(H,19,25)/t12-,18+/m1/s1. The molecule has 0 unspecified atom stereocenters. The van der Waals surface area contributed by atoms with Crippen LogP contribution >= 0.6 is 0 Å². The molecule has 8 nitrogen and oxygen atoms in total. The fraction of sp³-hybridized carbons (Fsp3) is 0.778. The number of hydrogen-bond donors (Lipinski definition) is 1. The predicted octanol–water partition coefficient (Wildman–Crippen LogP) is 0.899. The zero-order chi connectivity index (χ0) is 18.9. The topological polar surface area (TPSA) is 96.0 Å². The summed E-state index contributed by atoms with van der Waals surface area (Å²) < 4.78 is 4.75. The van der Waals surface area contributed by atoms with Gasteiger partial charge >= 0.3 is 12.0 Å². The lowest BCUT2D eigenvalue weighted by Crippen LogP contribution is -2.54. The number of ether oxygens (including phenoxy) is 1. The molecule has 8 heteroatoms. The molecule has 0 aromatic rings. The van der Waals surface area contributed by atoms with Crippen LogP contribution in [0, 0.1) is 11.8 Å². The third-order valence-electron chi connectivity index (χ3n) is 6.18. The maximum absolute atomic E-state index is 12.9. The van der Waals surface area contributed by atoms with Gasteiger partial charge in [-0.3, -0.25) is 19.3 Å². The van der Waals surface area contributed by atoms with Gasteiger partial charge < -0.3 is 15.0 Å². The smallest absolute Gasteiger partial charge is 0.325 e. The zero-order valence-corrected chi connectivity index (χ0v) is 15.5. The largest absolute Gasteiger partial charge is 0.469 e. The van der Waals surface area contributed by atoms with Gasteiger partial charge in [0.05, 0.1) is 13.0 Å². The first-order chi connectivity index (χ1) is 12.4. The lowest BCUT2D eigenvalue weighted by atomic mass is 9.73. The molecule has 2 saturated heterocycles. The van der Waals surface area contributed by atoms with E-state index in [9.17, 15) is 19.2 Å². The molecule has 0 aromatic heterocycles. The van der Waals surface area contributed by atoms with Crippen LogP contribution in [0.2, 0.25) is 0 Å². The molecule has 4 amide bonds. The van der Waals surface area contributed by atoms with E-state index < -0.39 is 11.6 Å². The SMILES string of the molecule is COC(=O)C1CCN(C(=O)CN2C(=O)N[C@]3(CCCC[C@H]3C)C2=O)CC1. The molecule has 2 aliphatic heterocycles. The number of amides is 4. The number of hydrogen-bond acceptors (Lipinski definition) is 5. The first kappa shape index (κ1) is 18.7. The highest BCUT2D eigenvalue weighted by molar-refractivity contribution is 6.09. The second kappa shape index (κ2) is 7.25. The first-order valence-corrected chi connectivity index (χ1v) is 9.38. The number of carbonyl (C=O) groups is 4. The van der Waals surface area contributed by atoms with Crippen molar-refractivity contribution in [1.29, 1.82) is 0 Å². The molecule has 1 spiro atoms. The van der Waals surface area contributed by atoms with Crippen LogP contribution in [0.4, 0.5) is 4.79 Å². The summed E-state index contributed by atoms with van der Waals surface area (Å²) in [4.78, 5) is 52.1. The summed E-state index contributed by atoms with van der Waals surface area (Å²) >= 11 is 0. The molecular weight excluding hydrogens is 338 g/mol. The van der Waals surface area contributed by atoms with E-state index in [0.717, 1.165) is 24.2 Å². The molecule has 0 radical (unpaired) electrons. The molecule has 2 heterocycles. The van der Waals surface area contributed by atoms with Crippen molar-refractivity contribution in [3.63, 3.8) is 0 Å². The highest BCUT2D eigenvalue weighted by atomic mass is 16.5. The van der Waals surface area contributed by atoms with Crippen LogP contribution in [-0.4, -0.2) is 65.9 Å². The summed E-state index contributed by atoms with van der Waals surface area (Å²) in [5.41, 5.74) is -0.840. The van der Waals surface area contributed by atoms with Gasteiger partial charge in [0.2, 0.25) is 5.91 Å². The maximum atomic E-state index is 12.9. The van der Waals surface area contributed by atoms with Crippen LogP contribution in [0.15, 0.2) is 0 Å². The lowest BCUT2D eigenvalue weighted by molar-refractivity contribution is -0.149. The Morgan fingerprint density at radius 2 is 1.88 bits per heavy atom. The summed E-state index contributed by atoms with van der Waals surface area (Å²) in [7, 11) is 1.36. The number of nitrogens with zero attached hydrogens (tertiary/aromatic N) is 2. The fourth-order valence-electron chi connectivity index (χ4n) is 4.41. The van der Waals surface area contributed by atoms with Crippen LogP contribution in [-0.2, 0) is 19.1 Å². The van der Waals surface area contributed by atoms with Crippen LogP contribution in [0.5, 0.6) is 0 Å². The van der Waals surface area contributed by atoms with E-state index in [2.05, 4.69) is 5.32 Å². The Bertz CT molecular complexity index is 614. The highest BCUT2D eigenvalue weighted by Gasteiger charge is 2.55. The molecule has 2 atom stereocenters. The molecule has 3 rings (SSSR count). The van der Waals surface area contributed by atoms with Crippen molar-refractivity contribution in [2.75, 3.05) is 26.7 Å². The quantitative estimate of drug-likeness (QED) is 0.592. The molecule has 0 aromatic carbocycles. The van der Waals surface area contributed by atoms with E-state index >= 15 is 0 Å². The molecule has 144 valence electrons. The van der Waals surface area contributed by atoms with E-state index in [1.165, 1.54) is 7.11 Å². The third kappa shape index (κ3) is 3.17. The number of esters is 1. The Kier molecular flexibility index (Phi) is 5.20. The van der Waals surface area contributed by atoms with E-state index in [-0.39, 0.29) is 36.2 Å². The molecule has 3 fully saturated rings. The highest BCUT2D eigenvalue weighted by Crippen LogP contribution is 2.38. The average Bonchev–Trinajstić information content (AvgIpc) is 2.88. The lowest BCUT2D eigenvalue weighted by Gasteiger charge is -2.37. The van der Waals surface area contributed by atoms with Gasteiger partial charge in [-0.2, -0.15) is 0 Å². The number of rotatable bonds is 3. The van der Waals surface area contributed by atoms with E-state index in [0.29, 0.717) is 32.4 Å². The van der Waals surface area contributed by atoms with E-state index in [1.54, 1.807) is 4.90 Å². The second-order valence-corrected chi connectivity index (χ2v) is 7.62. The Balaban J connectivity index is 1.60. The van der Waals surface area contributed by atoms with Gasteiger partial charge in [-0.1, -0.05) is 19.8 Å². The predicted molar refractivity (Wildman–Crippen MR) is 91.9 cm³/mol. The van der Waals surface area contributed by atoms with Gasteiger partial charge in [0.25, 0.3) is 5.91 Å².